The summed E-state index contributed by atoms with van der Waals surface area (Å²) in [7, 11) is 0. The number of hydrogen-bond donors (Lipinski definition) is 1. The molecule has 1 saturated heterocycles. The Bertz CT molecular complexity index is 880. The van der Waals surface area contributed by atoms with Crippen molar-refractivity contribution < 1.29 is 14.3 Å². The van der Waals surface area contributed by atoms with Crippen molar-refractivity contribution in [2.75, 3.05) is 18.0 Å². The maximum atomic E-state index is 14.6. The lowest BCUT2D eigenvalue weighted by atomic mass is 10.1. The molecular formula is C18H19FN2O3. The topological polar surface area (TPSA) is 62.5 Å². The first-order chi connectivity index (χ1) is 11.6. The van der Waals surface area contributed by atoms with Crippen LogP contribution in [0.1, 0.15) is 48.5 Å². The van der Waals surface area contributed by atoms with E-state index in [-0.39, 0.29) is 17.0 Å². The van der Waals surface area contributed by atoms with Crippen LogP contribution in [-0.4, -0.2) is 28.7 Å². The molecule has 1 saturated carbocycles. The van der Waals surface area contributed by atoms with E-state index in [0.29, 0.717) is 11.2 Å². The number of nitrogens with zero attached hydrogens (tertiary/aromatic N) is 2. The average Bonchev–Trinajstić information content (AvgIpc) is 3.40. The third-order valence-electron chi connectivity index (χ3n) is 4.97. The first-order valence-electron chi connectivity index (χ1n) is 8.43. The maximum Gasteiger partial charge on any atom is 0.341 e. The zero-order valence-electron chi connectivity index (χ0n) is 13.3. The zero-order chi connectivity index (χ0) is 16.8. The van der Waals surface area contributed by atoms with E-state index in [0.717, 1.165) is 45.2 Å². The van der Waals surface area contributed by atoms with Gasteiger partial charge in [-0.2, -0.15) is 0 Å². The van der Waals surface area contributed by atoms with Gasteiger partial charge in [0.05, 0.1) is 11.2 Å². The van der Waals surface area contributed by atoms with E-state index in [1.165, 1.54) is 12.3 Å². The molecule has 126 valence electrons. The van der Waals surface area contributed by atoms with Crippen LogP contribution in [0.25, 0.3) is 10.9 Å². The number of carbonyl (C=O) groups is 1. The van der Waals surface area contributed by atoms with E-state index in [1.54, 1.807) is 6.07 Å². The summed E-state index contributed by atoms with van der Waals surface area (Å²) in [5.74, 6) is -1.72. The monoisotopic (exact) mass is 330 g/mol. The number of benzene rings is 1. The van der Waals surface area contributed by atoms with Crippen LogP contribution in [0.3, 0.4) is 0 Å². The molecule has 24 heavy (non-hydrogen) atoms. The summed E-state index contributed by atoms with van der Waals surface area (Å²) in [4.78, 5) is 25.8. The Morgan fingerprint density at radius 2 is 1.88 bits per heavy atom. The Kier molecular flexibility index (Phi) is 3.55. The summed E-state index contributed by atoms with van der Waals surface area (Å²) in [6, 6.07) is 3.14. The Morgan fingerprint density at radius 3 is 2.50 bits per heavy atom. The first kappa shape index (κ1) is 15.2. The Labute approximate surface area is 138 Å². The summed E-state index contributed by atoms with van der Waals surface area (Å²) >= 11 is 0. The molecule has 0 atom stereocenters. The van der Waals surface area contributed by atoms with Crippen LogP contribution < -0.4 is 10.3 Å². The lowest BCUT2D eigenvalue weighted by molar-refractivity contribution is 0.0695. The van der Waals surface area contributed by atoms with Gasteiger partial charge in [0.2, 0.25) is 5.43 Å². The number of fused-ring (bicyclic) bond motifs is 1. The molecule has 1 N–H and O–H groups in total. The largest absolute Gasteiger partial charge is 0.477 e. The van der Waals surface area contributed by atoms with Gasteiger partial charge < -0.3 is 14.6 Å². The minimum atomic E-state index is -1.27. The van der Waals surface area contributed by atoms with Gasteiger partial charge in [0, 0.05) is 30.7 Å². The smallest absolute Gasteiger partial charge is 0.341 e. The van der Waals surface area contributed by atoms with Crippen LogP contribution in [0.4, 0.5) is 10.1 Å². The van der Waals surface area contributed by atoms with Gasteiger partial charge in [-0.15, -0.1) is 0 Å². The normalized spacial score (nSPS) is 18.1. The molecule has 0 amide bonds. The maximum absolute atomic E-state index is 14.6. The molecule has 1 aliphatic carbocycles. The lowest BCUT2D eigenvalue weighted by Crippen LogP contribution is -2.30. The lowest BCUT2D eigenvalue weighted by Gasteiger charge is -2.29. The summed E-state index contributed by atoms with van der Waals surface area (Å²) in [6.45, 7) is 1.62. The fourth-order valence-electron chi connectivity index (χ4n) is 3.54. The fraction of sp³-hybridized carbons (Fsp3) is 0.444. The average molecular weight is 330 g/mol. The molecule has 0 bridgehead atoms. The molecule has 2 heterocycles. The van der Waals surface area contributed by atoms with Crippen molar-refractivity contribution in [2.24, 2.45) is 0 Å². The number of aromatic nitrogens is 1. The molecule has 4 rings (SSSR count). The van der Waals surface area contributed by atoms with Crippen molar-refractivity contribution in [1.82, 2.24) is 4.57 Å². The molecule has 2 aromatic rings. The van der Waals surface area contributed by atoms with Crippen molar-refractivity contribution in [1.29, 1.82) is 0 Å². The number of aromatic carboxylic acids is 1. The van der Waals surface area contributed by atoms with Gasteiger partial charge in [-0.25, -0.2) is 9.18 Å². The molecule has 1 aliphatic heterocycles. The molecule has 6 heteroatoms. The molecule has 0 radical (unpaired) electrons. The summed E-state index contributed by atoms with van der Waals surface area (Å²) in [6.07, 6.45) is 6.54. The quantitative estimate of drug-likeness (QED) is 0.939. The van der Waals surface area contributed by atoms with Crippen molar-refractivity contribution in [2.45, 2.75) is 38.1 Å². The summed E-state index contributed by atoms with van der Waals surface area (Å²) in [5.41, 5.74) is 0.242. The van der Waals surface area contributed by atoms with Gasteiger partial charge in [0.25, 0.3) is 0 Å². The van der Waals surface area contributed by atoms with Crippen molar-refractivity contribution in [3.05, 3.63) is 39.9 Å². The van der Waals surface area contributed by atoms with Gasteiger partial charge in [0.1, 0.15) is 11.4 Å². The minimum absolute atomic E-state index is 0.153. The minimum Gasteiger partial charge on any atom is -0.477 e. The third-order valence-corrected chi connectivity index (χ3v) is 4.97. The second-order valence-electron chi connectivity index (χ2n) is 6.68. The number of piperidine rings is 1. The highest BCUT2D eigenvalue weighted by Crippen LogP contribution is 2.38. The van der Waals surface area contributed by atoms with E-state index >= 15 is 0 Å². The standard InChI is InChI=1S/C18H19FN2O3/c19-14-8-12-15(9-16(14)20-6-2-1-3-7-20)21(11-4-5-11)10-13(17(12)22)18(23)24/h8-11H,1-7H2,(H,23,24). The fourth-order valence-corrected chi connectivity index (χ4v) is 3.54. The molecule has 5 nitrogen and oxygen atoms in total. The number of pyridine rings is 1. The van der Waals surface area contributed by atoms with Crippen molar-refractivity contribution >= 4 is 22.6 Å². The van der Waals surface area contributed by atoms with Crippen molar-refractivity contribution in [3.63, 3.8) is 0 Å². The van der Waals surface area contributed by atoms with E-state index in [1.807, 2.05) is 9.47 Å². The highest BCUT2D eigenvalue weighted by molar-refractivity contribution is 5.93. The predicted octanol–water partition coefficient (Wildman–Crippen LogP) is 3.16. The highest BCUT2D eigenvalue weighted by atomic mass is 19.1. The van der Waals surface area contributed by atoms with Gasteiger partial charge in [0.15, 0.2) is 0 Å². The van der Waals surface area contributed by atoms with E-state index in [4.69, 9.17) is 0 Å². The predicted molar refractivity (Wildman–Crippen MR) is 89.5 cm³/mol. The Balaban J connectivity index is 1.95. The van der Waals surface area contributed by atoms with Crippen LogP contribution in [0, 0.1) is 5.82 Å². The molecule has 1 aromatic carbocycles. The number of carboxylic acid groups (broad SMARTS) is 1. The first-order valence-corrected chi connectivity index (χ1v) is 8.43. The number of carboxylic acids is 1. The van der Waals surface area contributed by atoms with Gasteiger partial charge in [-0.3, -0.25) is 4.79 Å². The molecular weight excluding hydrogens is 311 g/mol. The highest BCUT2D eigenvalue weighted by Gasteiger charge is 2.28. The van der Waals surface area contributed by atoms with Gasteiger partial charge >= 0.3 is 5.97 Å². The van der Waals surface area contributed by atoms with Crippen molar-refractivity contribution in [3.8, 4) is 0 Å². The van der Waals surface area contributed by atoms with Gasteiger partial charge in [-0.05, 0) is 44.2 Å². The SMILES string of the molecule is O=C(O)c1cn(C2CC2)c2cc(N3CCCCC3)c(F)cc2c1=O. The molecule has 1 aromatic heterocycles. The van der Waals surface area contributed by atoms with Crippen LogP contribution in [0.2, 0.25) is 0 Å². The number of anilines is 1. The molecule has 2 aliphatic rings. The number of halogens is 1. The molecule has 0 spiro atoms. The van der Waals surface area contributed by atoms with Crippen LogP contribution >= 0.6 is 0 Å². The van der Waals surface area contributed by atoms with Gasteiger partial charge in [-0.1, -0.05) is 0 Å². The molecule has 0 unspecified atom stereocenters. The summed E-state index contributed by atoms with van der Waals surface area (Å²) < 4.78 is 16.5. The van der Waals surface area contributed by atoms with E-state index in [2.05, 4.69) is 0 Å². The zero-order valence-corrected chi connectivity index (χ0v) is 13.3. The van der Waals surface area contributed by atoms with E-state index < -0.39 is 17.2 Å². The van der Waals surface area contributed by atoms with Crippen LogP contribution in [0.5, 0.6) is 0 Å². The number of hydrogen-bond acceptors (Lipinski definition) is 3. The second-order valence-corrected chi connectivity index (χ2v) is 6.68. The summed E-state index contributed by atoms with van der Waals surface area (Å²) in [5, 5.41) is 9.42. The second kappa shape index (κ2) is 5.61. The number of rotatable bonds is 3. The van der Waals surface area contributed by atoms with Crippen LogP contribution in [0.15, 0.2) is 23.1 Å². The Morgan fingerprint density at radius 1 is 1.17 bits per heavy atom. The molecule has 2 fully saturated rings. The Hall–Kier alpha value is -2.37. The van der Waals surface area contributed by atoms with Crippen LogP contribution in [-0.2, 0) is 0 Å². The third kappa shape index (κ3) is 2.46. The van der Waals surface area contributed by atoms with E-state index in [9.17, 15) is 19.1 Å².